The van der Waals surface area contributed by atoms with Crippen molar-refractivity contribution in [3.63, 3.8) is 0 Å². The molecular weight excluding hydrogens is 372 g/mol. The molecular formula is C9H16Cl2HfN. The summed E-state index contributed by atoms with van der Waals surface area (Å²) in [7, 11) is 0. The summed E-state index contributed by atoms with van der Waals surface area (Å²) in [6.07, 6.45) is 7.71. The molecule has 75 valence electrons. The van der Waals surface area contributed by atoms with Crippen LogP contribution in [0.2, 0.25) is 0 Å². The third kappa shape index (κ3) is 4.66. The molecule has 0 aromatic heterocycles. The molecule has 0 bridgehead atoms. The minimum Gasteiger partial charge on any atom is -0.147 e. The third-order valence-electron chi connectivity index (χ3n) is 1.71. The van der Waals surface area contributed by atoms with Crippen LogP contribution in [0, 0.1) is 0 Å². The maximum Gasteiger partial charge on any atom is -0.147 e. The summed E-state index contributed by atoms with van der Waals surface area (Å²) < 4.78 is 2.47. The summed E-state index contributed by atoms with van der Waals surface area (Å²) in [6, 6.07) is 0. The minimum absolute atomic E-state index is 0. The fourth-order valence-electron chi connectivity index (χ4n) is 1.03. The van der Waals surface area contributed by atoms with Gasteiger partial charge in [-0.15, -0.1) is 24.8 Å². The fourth-order valence-corrected chi connectivity index (χ4v) is 1.63. The van der Waals surface area contributed by atoms with Crippen molar-refractivity contribution in [2.24, 2.45) is 0 Å². The number of rotatable bonds is 1. The second-order valence-electron chi connectivity index (χ2n) is 3.80. The first-order valence-electron chi connectivity index (χ1n) is 3.89. The molecule has 0 unspecified atom stereocenters. The van der Waals surface area contributed by atoms with Gasteiger partial charge in [-0.1, -0.05) is 0 Å². The Bertz CT molecular complexity index is 206. The molecule has 13 heavy (non-hydrogen) atoms. The van der Waals surface area contributed by atoms with Crippen molar-refractivity contribution in [1.29, 1.82) is 0 Å². The fraction of sp³-hybridized carbons (Fsp3) is 0.556. The number of allylic oxidation sites excluding steroid dienone is 3. The van der Waals surface area contributed by atoms with Gasteiger partial charge >= 0.3 is 84.2 Å². The molecule has 0 saturated carbocycles. The quantitative estimate of drug-likeness (QED) is 0.625. The second kappa shape index (κ2) is 6.26. The van der Waals surface area contributed by atoms with Crippen molar-refractivity contribution in [2.75, 3.05) is 0 Å². The zero-order chi connectivity index (χ0) is 8.48. The molecule has 1 aliphatic carbocycles. The molecule has 0 fully saturated rings. The summed E-state index contributed by atoms with van der Waals surface area (Å²) in [5.74, 6) is 0. The zero-order valence-electron chi connectivity index (χ0n) is 8.20. The summed E-state index contributed by atoms with van der Waals surface area (Å²) in [5, 5.41) is 0. The Kier molecular flexibility index (Phi) is 7.78. The van der Waals surface area contributed by atoms with Crippen LogP contribution in [0.4, 0.5) is 0 Å². The zero-order valence-corrected chi connectivity index (χ0v) is 13.4. The van der Waals surface area contributed by atoms with Crippen LogP contribution in [0.1, 0.15) is 27.2 Å². The molecule has 0 radical (unpaired) electrons. The molecule has 0 heterocycles. The smallest absolute Gasteiger partial charge is 0.147 e. The normalized spacial score (nSPS) is 14.2. The van der Waals surface area contributed by atoms with E-state index in [0.29, 0.717) is 5.54 Å². The summed E-state index contributed by atoms with van der Waals surface area (Å²) in [4.78, 5) is 0. The molecule has 0 aromatic carbocycles. The van der Waals surface area contributed by atoms with Crippen molar-refractivity contribution in [3.8, 4) is 0 Å². The molecule has 0 spiro atoms. The molecule has 0 saturated heterocycles. The minimum atomic E-state index is 0. The summed E-state index contributed by atoms with van der Waals surface area (Å²) in [5.41, 5.74) is 1.79. The average molecular weight is 388 g/mol. The van der Waals surface area contributed by atoms with Crippen molar-refractivity contribution >= 4 is 24.8 Å². The van der Waals surface area contributed by atoms with Crippen LogP contribution in [0.3, 0.4) is 0 Å². The predicted molar refractivity (Wildman–Crippen MR) is 57.9 cm³/mol. The first-order chi connectivity index (χ1) is 5.02. The van der Waals surface area contributed by atoms with Crippen molar-refractivity contribution in [3.05, 3.63) is 23.9 Å². The molecule has 1 nitrogen and oxygen atoms in total. The Balaban J connectivity index is 0. The number of hydrogen-bond donors (Lipinski definition) is 0. The topological polar surface area (TPSA) is 3.24 Å². The number of hydrogen-bond acceptors (Lipinski definition) is 1. The van der Waals surface area contributed by atoms with E-state index in [1.165, 1.54) is 5.70 Å². The van der Waals surface area contributed by atoms with Crippen molar-refractivity contribution in [2.45, 2.75) is 32.7 Å². The van der Waals surface area contributed by atoms with Crippen LogP contribution in [0.5, 0.6) is 0 Å². The summed E-state index contributed by atoms with van der Waals surface area (Å²) in [6.45, 7) is 6.79. The maximum atomic E-state index is 2.47. The molecule has 1 rings (SSSR count). The molecule has 4 heteroatoms. The van der Waals surface area contributed by atoms with E-state index in [2.05, 4.69) is 41.9 Å². The van der Waals surface area contributed by atoms with E-state index in [4.69, 9.17) is 0 Å². The van der Waals surface area contributed by atoms with E-state index in [-0.39, 0.29) is 24.8 Å². The molecule has 0 aliphatic heterocycles. The van der Waals surface area contributed by atoms with Gasteiger partial charge in [-0.05, 0) is 0 Å². The first kappa shape index (κ1) is 16.2. The third-order valence-corrected chi connectivity index (χ3v) is 5.15. The Morgan fingerprint density at radius 1 is 1.31 bits per heavy atom. The van der Waals surface area contributed by atoms with Gasteiger partial charge in [0.2, 0.25) is 0 Å². The largest absolute Gasteiger partial charge is 0.147 e. The van der Waals surface area contributed by atoms with Gasteiger partial charge in [0.15, 0.2) is 0 Å². The van der Waals surface area contributed by atoms with E-state index in [1.54, 1.807) is 0 Å². The van der Waals surface area contributed by atoms with Gasteiger partial charge in [-0.25, -0.2) is 0 Å². The van der Waals surface area contributed by atoms with E-state index in [1.807, 2.05) is 0 Å². The predicted octanol–water partition coefficient (Wildman–Crippen LogP) is 3.24. The van der Waals surface area contributed by atoms with Crippen LogP contribution < -0.4 is 0 Å². The van der Waals surface area contributed by atoms with Gasteiger partial charge in [0.1, 0.15) is 0 Å². The monoisotopic (exact) mass is 388 g/mol. The maximum absolute atomic E-state index is 2.47. The van der Waals surface area contributed by atoms with Gasteiger partial charge in [-0.3, -0.25) is 0 Å². The number of halogens is 2. The molecule has 0 N–H and O–H groups in total. The van der Waals surface area contributed by atoms with E-state index >= 15 is 0 Å². The van der Waals surface area contributed by atoms with E-state index in [0.717, 1.165) is 31.1 Å². The molecule has 0 amide bonds. The van der Waals surface area contributed by atoms with Gasteiger partial charge in [0, 0.05) is 0 Å². The number of nitrogens with zero attached hydrogens (tertiary/aromatic N) is 1. The van der Waals surface area contributed by atoms with Gasteiger partial charge in [0.25, 0.3) is 0 Å². The Labute approximate surface area is 108 Å². The Morgan fingerprint density at radius 3 is 2.15 bits per heavy atom. The van der Waals surface area contributed by atoms with Gasteiger partial charge < -0.3 is 0 Å². The standard InChI is InChI=1S/C9H14N.2ClH.Hf/c1-9(2,3)10-8-6-4-5-7-8;;;/h4-6H,7H2,1-3H3;2*1H;/q-1;;;+1. The van der Waals surface area contributed by atoms with E-state index < -0.39 is 0 Å². The van der Waals surface area contributed by atoms with Crippen LogP contribution in [0.15, 0.2) is 23.9 Å². The van der Waals surface area contributed by atoms with Crippen LogP contribution in [0.25, 0.3) is 0 Å². The van der Waals surface area contributed by atoms with Gasteiger partial charge in [0.05, 0.1) is 0 Å². The van der Waals surface area contributed by atoms with Gasteiger partial charge in [-0.2, -0.15) is 0 Å². The van der Waals surface area contributed by atoms with Crippen molar-refractivity contribution < 1.29 is 24.7 Å². The van der Waals surface area contributed by atoms with Crippen LogP contribution in [-0.2, 0) is 24.7 Å². The molecule has 0 aromatic rings. The Morgan fingerprint density at radius 2 is 1.85 bits per heavy atom. The first-order valence-corrected chi connectivity index (χ1v) is 5.49. The second-order valence-corrected chi connectivity index (χ2v) is 5.40. The Hall–Kier alpha value is 0.730. The van der Waals surface area contributed by atoms with Crippen molar-refractivity contribution in [1.82, 2.24) is 2.89 Å². The SMILES string of the molecule is CC(C)(C)[N]([Hf])C1=CC=CC1.Cl.Cl. The molecule has 1 aliphatic rings. The molecule has 0 atom stereocenters. The average Bonchev–Trinajstić information content (AvgIpc) is 2.34. The van der Waals surface area contributed by atoms with Crippen LogP contribution >= 0.6 is 24.8 Å². The van der Waals surface area contributed by atoms with Crippen LogP contribution in [-0.4, -0.2) is 8.43 Å². The van der Waals surface area contributed by atoms with E-state index in [9.17, 15) is 0 Å². The summed E-state index contributed by atoms with van der Waals surface area (Å²) >= 11 is 1.12.